The van der Waals surface area contributed by atoms with Crippen LogP contribution in [0.5, 0.6) is 0 Å². The molecule has 2 aromatic heterocycles. The Labute approximate surface area is 67.8 Å². The first-order valence-electron chi connectivity index (χ1n) is 3.11. The van der Waals surface area contributed by atoms with Crippen molar-refractivity contribution in [1.29, 1.82) is 0 Å². The van der Waals surface area contributed by atoms with E-state index >= 15 is 0 Å². The summed E-state index contributed by atoms with van der Waals surface area (Å²) in [4.78, 5) is 7.98. The number of halogens is 1. The third-order valence-electron chi connectivity index (χ3n) is 1.30. The SMILES string of the molecule is ClCc1nc2cnccn2n1. The van der Waals surface area contributed by atoms with Gasteiger partial charge in [-0.1, -0.05) is 0 Å². The normalized spacial score (nSPS) is 10.6. The zero-order valence-electron chi connectivity index (χ0n) is 5.61. The van der Waals surface area contributed by atoms with Crippen molar-refractivity contribution in [2.45, 2.75) is 5.88 Å². The molecule has 0 radical (unpaired) electrons. The molecule has 0 fully saturated rings. The van der Waals surface area contributed by atoms with Gasteiger partial charge in [-0.05, 0) is 0 Å². The Hall–Kier alpha value is -1.16. The number of nitrogens with zero attached hydrogens (tertiary/aromatic N) is 4. The summed E-state index contributed by atoms with van der Waals surface area (Å²) in [7, 11) is 0. The molecule has 0 aliphatic rings. The molecule has 2 aromatic rings. The van der Waals surface area contributed by atoms with Gasteiger partial charge in [0.15, 0.2) is 11.5 Å². The molecule has 0 bridgehead atoms. The van der Waals surface area contributed by atoms with Gasteiger partial charge in [0.25, 0.3) is 0 Å². The molecule has 4 nitrogen and oxygen atoms in total. The van der Waals surface area contributed by atoms with Gasteiger partial charge in [-0.2, -0.15) is 0 Å². The lowest BCUT2D eigenvalue weighted by Gasteiger charge is -1.84. The lowest BCUT2D eigenvalue weighted by Crippen LogP contribution is -1.86. The highest BCUT2D eigenvalue weighted by Crippen LogP contribution is 2.00. The highest BCUT2D eigenvalue weighted by atomic mass is 35.5. The first-order valence-corrected chi connectivity index (χ1v) is 3.65. The molecule has 5 heteroatoms. The largest absolute Gasteiger partial charge is 0.259 e. The molecule has 0 saturated carbocycles. The molecule has 0 aliphatic carbocycles. The van der Waals surface area contributed by atoms with E-state index < -0.39 is 0 Å². The molecule has 0 unspecified atom stereocenters. The second kappa shape index (κ2) is 2.47. The van der Waals surface area contributed by atoms with Crippen LogP contribution in [-0.2, 0) is 5.88 Å². The van der Waals surface area contributed by atoms with Crippen molar-refractivity contribution in [2.24, 2.45) is 0 Å². The summed E-state index contributed by atoms with van der Waals surface area (Å²) in [6.45, 7) is 0. The van der Waals surface area contributed by atoms with Gasteiger partial charge in [0.05, 0.1) is 12.1 Å². The van der Waals surface area contributed by atoms with Crippen LogP contribution in [0.3, 0.4) is 0 Å². The Kier molecular flexibility index (Phi) is 1.47. The maximum absolute atomic E-state index is 5.54. The van der Waals surface area contributed by atoms with E-state index in [0.717, 1.165) is 5.65 Å². The third-order valence-corrected chi connectivity index (χ3v) is 1.54. The standard InChI is InChI=1S/C6H5ClN4/c7-3-5-9-6-4-8-1-2-11(6)10-5/h1-2,4H,3H2. The third kappa shape index (κ3) is 1.05. The summed E-state index contributed by atoms with van der Waals surface area (Å²) >= 11 is 5.54. The predicted molar refractivity (Wildman–Crippen MR) is 40.3 cm³/mol. The number of hydrogen-bond acceptors (Lipinski definition) is 3. The van der Waals surface area contributed by atoms with Crippen LogP contribution in [0, 0.1) is 0 Å². The average Bonchev–Trinajstić information content (AvgIpc) is 2.46. The van der Waals surface area contributed by atoms with Gasteiger partial charge in [-0.3, -0.25) is 4.98 Å². The van der Waals surface area contributed by atoms with Gasteiger partial charge in [0, 0.05) is 12.4 Å². The number of alkyl halides is 1. The van der Waals surface area contributed by atoms with Crippen LogP contribution in [0.2, 0.25) is 0 Å². The van der Waals surface area contributed by atoms with Crippen molar-refractivity contribution >= 4 is 17.2 Å². The number of rotatable bonds is 1. The highest BCUT2D eigenvalue weighted by molar-refractivity contribution is 6.16. The summed E-state index contributed by atoms with van der Waals surface area (Å²) in [5.41, 5.74) is 0.725. The highest BCUT2D eigenvalue weighted by Gasteiger charge is 1.99. The topological polar surface area (TPSA) is 43.1 Å². The van der Waals surface area contributed by atoms with Crippen LogP contribution in [0.15, 0.2) is 18.6 Å². The lowest BCUT2D eigenvalue weighted by molar-refractivity contribution is 0.913. The zero-order chi connectivity index (χ0) is 7.68. The number of aromatic nitrogens is 4. The van der Waals surface area contributed by atoms with Crippen molar-refractivity contribution < 1.29 is 0 Å². The Bertz CT molecular complexity index is 336. The fourth-order valence-corrected chi connectivity index (χ4v) is 0.960. The van der Waals surface area contributed by atoms with Gasteiger partial charge < -0.3 is 0 Å². The van der Waals surface area contributed by atoms with E-state index in [0.29, 0.717) is 11.7 Å². The Morgan fingerprint density at radius 3 is 3.18 bits per heavy atom. The van der Waals surface area contributed by atoms with Crippen LogP contribution >= 0.6 is 11.6 Å². The molecule has 11 heavy (non-hydrogen) atoms. The quantitative estimate of drug-likeness (QED) is 0.594. The number of hydrogen-bond donors (Lipinski definition) is 0. The second-order valence-electron chi connectivity index (χ2n) is 2.04. The van der Waals surface area contributed by atoms with Gasteiger partial charge in [0.1, 0.15) is 0 Å². The van der Waals surface area contributed by atoms with E-state index in [1.807, 2.05) is 0 Å². The van der Waals surface area contributed by atoms with Crippen molar-refractivity contribution in [3.8, 4) is 0 Å². The molecule has 56 valence electrons. The minimum atomic E-state index is 0.335. The molecule has 0 saturated heterocycles. The molecular weight excluding hydrogens is 164 g/mol. The van der Waals surface area contributed by atoms with Gasteiger partial charge in [-0.15, -0.1) is 16.7 Å². The summed E-state index contributed by atoms with van der Waals surface area (Å²) in [5, 5.41) is 4.06. The second-order valence-corrected chi connectivity index (χ2v) is 2.31. The fourth-order valence-electron chi connectivity index (χ4n) is 0.847. The van der Waals surface area contributed by atoms with Crippen molar-refractivity contribution in [3.05, 3.63) is 24.4 Å². The van der Waals surface area contributed by atoms with E-state index in [1.54, 1.807) is 23.1 Å². The van der Waals surface area contributed by atoms with Crippen LogP contribution in [0.1, 0.15) is 5.82 Å². The fraction of sp³-hybridized carbons (Fsp3) is 0.167. The molecular formula is C6H5ClN4. The van der Waals surface area contributed by atoms with Crippen LogP contribution in [-0.4, -0.2) is 19.6 Å². The summed E-state index contributed by atoms with van der Waals surface area (Å²) in [5.74, 6) is 0.960. The molecule has 0 aliphatic heterocycles. The Morgan fingerprint density at radius 2 is 2.45 bits per heavy atom. The lowest BCUT2D eigenvalue weighted by atomic mass is 10.7. The van der Waals surface area contributed by atoms with Gasteiger partial charge in [0.2, 0.25) is 0 Å². The summed E-state index contributed by atoms with van der Waals surface area (Å²) in [6, 6.07) is 0. The molecule has 0 amide bonds. The first kappa shape index (κ1) is 6.54. The minimum Gasteiger partial charge on any atom is -0.259 e. The minimum absolute atomic E-state index is 0.335. The first-order chi connectivity index (χ1) is 5.40. The van der Waals surface area contributed by atoms with Crippen LogP contribution in [0.4, 0.5) is 0 Å². The molecule has 0 N–H and O–H groups in total. The summed E-state index contributed by atoms with van der Waals surface area (Å²) in [6.07, 6.45) is 5.03. The van der Waals surface area contributed by atoms with Gasteiger partial charge >= 0.3 is 0 Å². The van der Waals surface area contributed by atoms with Crippen molar-refractivity contribution in [3.63, 3.8) is 0 Å². The van der Waals surface area contributed by atoms with E-state index in [1.165, 1.54) is 0 Å². The zero-order valence-corrected chi connectivity index (χ0v) is 6.36. The van der Waals surface area contributed by atoms with E-state index in [2.05, 4.69) is 15.1 Å². The molecule has 2 heterocycles. The maximum Gasteiger partial charge on any atom is 0.173 e. The number of fused-ring (bicyclic) bond motifs is 1. The molecule has 0 spiro atoms. The monoisotopic (exact) mass is 168 g/mol. The van der Waals surface area contributed by atoms with Crippen molar-refractivity contribution in [2.75, 3.05) is 0 Å². The smallest absolute Gasteiger partial charge is 0.173 e. The van der Waals surface area contributed by atoms with E-state index in [9.17, 15) is 0 Å². The molecule has 2 rings (SSSR count). The predicted octanol–water partition coefficient (Wildman–Crippen LogP) is 0.863. The maximum atomic E-state index is 5.54. The Balaban J connectivity index is 2.69. The van der Waals surface area contributed by atoms with Gasteiger partial charge in [-0.25, -0.2) is 9.50 Å². The Morgan fingerprint density at radius 1 is 1.55 bits per heavy atom. The molecule has 0 aromatic carbocycles. The molecule has 0 atom stereocenters. The van der Waals surface area contributed by atoms with Crippen molar-refractivity contribution in [1.82, 2.24) is 19.6 Å². The van der Waals surface area contributed by atoms with E-state index in [4.69, 9.17) is 11.6 Å². The van der Waals surface area contributed by atoms with Crippen LogP contribution < -0.4 is 0 Å². The summed E-state index contributed by atoms with van der Waals surface area (Å²) < 4.78 is 1.64. The van der Waals surface area contributed by atoms with Crippen LogP contribution in [0.25, 0.3) is 5.65 Å². The average molecular weight is 169 g/mol. The van der Waals surface area contributed by atoms with E-state index in [-0.39, 0.29) is 0 Å².